The predicted molar refractivity (Wildman–Crippen MR) is 92.1 cm³/mol. The molecule has 0 spiro atoms. The summed E-state index contributed by atoms with van der Waals surface area (Å²) < 4.78 is 5.00. The number of carbonyl (C=O) groups excluding carboxylic acids is 1. The minimum atomic E-state index is -0.242. The van der Waals surface area contributed by atoms with E-state index in [1.54, 1.807) is 6.92 Å². The average molecular weight is 312 g/mol. The molecule has 1 heterocycles. The second kappa shape index (κ2) is 8.44. The fourth-order valence-electron chi connectivity index (χ4n) is 2.47. The van der Waals surface area contributed by atoms with E-state index in [2.05, 4.69) is 42.3 Å². The molecule has 4 heteroatoms. The summed E-state index contributed by atoms with van der Waals surface area (Å²) in [7, 11) is 0. The maximum absolute atomic E-state index is 11.6. The second-order valence-corrected chi connectivity index (χ2v) is 5.44. The molecule has 0 aliphatic rings. The normalized spacial score (nSPS) is 10.6. The lowest BCUT2D eigenvalue weighted by Gasteiger charge is -2.12. The third kappa shape index (κ3) is 4.89. The van der Waals surface area contributed by atoms with E-state index in [4.69, 9.17) is 4.74 Å². The Balaban J connectivity index is 2.29. The molecule has 23 heavy (non-hydrogen) atoms. The van der Waals surface area contributed by atoms with Gasteiger partial charge in [0.15, 0.2) is 0 Å². The first-order valence-corrected chi connectivity index (χ1v) is 8.06. The number of ether oxygens (including phenoxy) is 1. The minimum absolute atomic E-state index is 0.204. The molecule has 0 amide bonds. The first kappa shape index (κ1) is 17.2. The number of nitrogens with zero attached hydrogens (tertiary/aromatic N) is 1. The monoisotopic (exact) mass is 312 g/mol. The van der Waals surface area contributed by atoms with Gasteiger partial charge in [-0.1, -0.05) is 36.8 Å². The van der Waals surface area contributed by atoms with E-state index in [0.29, 0.717) is 6.61 Å². The Kier molecular flexibility index (Phi) is 6.29. The number of aromatic nitrogens is 1. The van der Waals surface area contributed by atoms with E-state index < -0.39 is 0 Å². The number of pyridine rings is 1. The highest BCUT2D eigenvalue weighted by Crippen LogP contribution is 2.23. The van der Waals surface area contributed by atoms with Crippen LogP contribution in [-0.4, -0.2) is 24.1 Å². The highest BCUT2D eigenvalue weighted by Gasteiger charge is 2.10. The Morgan fingerprint density at radius 1 is 1.22 bits per heavy atom. The number of rotatable bonds is 7. The van der Waals surface area contributed by atoms with E-state index in [0.717, 1.165) is 30.0 Å². The molecule has 0 saturated heterocycles. The lowest BCUT2D eigenvalue weighted by molar-refractivity contribution is -0.142. The topological polar surface area (TPSA) is 51.2 Å². The fraction of sp³-hybridized carbons (Fsp3) is 0.368. The summed E-state index contributed by atoms with van der Waals surface area (Å²) in [6.45, 7) is 8.10. The van der Waals surface area contributed by atoms with Gasteiger partial charge in [0.1, 0.15) is 0 Å². The second-order valence-electron chi connectivity index (χ2n) is 5.44. The molecule has 0 unspecified atom stereocenters. The minimum Gasteiger partial charge on any atom is -0.466 e. The van der Waals surface area contributed by atoms with Gasteiger partial charge in [0.05, 0.1) is 24.4 Å². The summed E-state index contributed by atoms with van der Waals surface area (Å²) in [5.74, 6) is -0.242. The van der Waals surface area contributed by atoms with Crippen LogP contribution in [0.25, 0.3) is 11.3 Å². The quantitative estimate of drug-likeness (QED) is 0.797. The van der Waals surface area contributed by atoms with Crippen molar-refractivity contribution in [1.82, 2.24) is 10.3 Å². The molecule has 2 rings (SSSR count). The van der Waals surface area contributed by atoms with Crippen LogP contribution in [0.2, 0.25) is 0 Å². The van der Waals surface area contributed by atoms with Crippen molar-refractivity contribution in [3.05, 3.63) is 53.2 Å². The van der Waals surface area contributed by atoms with Crippen LogP contribution in [0.1, 0.15) is 30.7 Å². The Hall–Kier alpha value is -2.20. The van der Waals surface area contributed by atoms with Crippen molar-refractivity contribution in [2.45, 2.75) is 33.7 Å². The number of aryl methyl sites for hydroxylation is 1. The van der Waals surface area contributed by atoms with Crippen molar-refractivity contribution in [2.24, 2.45) is 0 Å². The van der Waals surface area contributed by atoms with Gasteiger partial charge in [-0.3, -0.25) is 9.78 Å². The van der Waals surface area contributed by atoms with E-state index in [-0.39, 0.29) is 12.4 Å². The van der Waals surface area contributed by atoms with Crippen LogP contribution >= 0.6 is 0 Å². The number of esters is 1. The third-order valence-electron chi connectivity index (χ3n) is 3.54. The van der Waals surface area contributed by atoms with Crippen molar-refractivity contribution >= 4 is 5.97 Å². The molecule has 0 fully saturated rings. The van der Waals surface area contributed by atoms with Gasteiger partial charge in [-0.15, -0.1) is 0 Å². The Morgan fingerprint density at radius 3 is 2.78 bits per heavy atom. The summed E-state index contributed by atoms with van der Waals surface area (Å²) in [5.41, 5.74) is 5.16. The van der Waals surface area contributed by atoms with E-state index in [1.807, 2.05) is 18.2 Å². The molecule has 0 aliphatic carbocycles. The maximum atomic E-state index is 11.6. The van der Waals surface area contributed by atoms with Crippen molar-refractivity contribution in [1.29, 1.82) is 0 Å². The lowest BCUT2D eigenvalue weighted by atomic mass is 10.0. The summed E-state index contributed by atoms with van der Waals surface area (Å²) in [6.07, 6.45) is 0.204. The number of benzene rings is 1. The molecule has 1 aromatic carbocycles. The molecule has 0 bridgehead atoms. The number of carbonyl (C=O) groups is 1. The Labute approximate surface area is 137 Å². The lowest BCUT2D eigenvalue weighted by Crippen LogP contribution is -2.13. The molecule has 1 aromatic heterocycles. The van der Waals surface area contributed by atoms with Gasteiger partial charge in [0.25, 0.3) is 0 Å². The van der Waals surface area contributed by atoms with Crippen LogP contribution in [0.4, 0.5) is 0 Å². The molecule has 0 radical (unpaired) electrons. The molecule has 0 aliphatic heterocycles. The summed E-state index contributed by atoms with van der Waals surface area (Å²) in [6, 6.07) is 12.1. The van der Waals surface area contributed by atoms with E-state index >= 15 is 0 Å². The largest absolute Gasteiger partial charge is 0.466 e. The van der Waals surface area contributed by atoms with Gasteiger partial charge in [-0.05, 0) is 38.1 Å². The smallest absolute Gasteiger partial charge is 0.311 e. The average Bonchev–Trinajstić information content (AvgIpc) is 2.53. The zero-order chi connectivity index (χ0) is 16.7. The molecule has 1 N–H and O–H groups in total. The summed E-state index contributed by atoms with van der Waals surface area (Å²) in [4.78, 5) is 16.3. The SMILES string of the molecule is CCNCc1cc(C)ccc1-c1cccc(CC(=O)OCC)n1. The Morgan fingerprint density at radius 2 is 2.04 bits per heavy atom. The highest BCUT2D eigenvalue weighted by atomic mass is 16.5. The molecular weight excluding hydrogens is 288 g/mol. The van der Waals surface area contributed by atoms with Crippen molar-refractivity contribution in [2.75, 3.05) is 13.2 Å². The van der Waals surface area contributed by atoms with Crippen molar-refractivity contribution in [3.63, 3.8) is 0 Å². The molecule has 4 nitrogen and oxygen atoms in total. The van der Waals surface area contributed by atoms with Gasteiger partial charge in [-0.25, -0.2) is 0 Å². The molecule has 2 aromatic rings. The molecule has 122 valence electrons. The van der Waals surface area contributed by atoms with Gasteiger partial charge >= 0.3 is 5.97 Å². The predicted octanol–water partition coefficient (Wildman–Crippen LogP) is 3.27. The van der Waals surface area contributed by atoms with Crippen LogP contribution < -0.4 is 5.32 Å². The van der Waals surface area contributed by atoms with Crippen molar-refractivity contribution < 1.29 is 9.53 Å². The van der Waals surface area contributed by atoms with Crippen molar-refractivity contribution in [3.8, 4) is 11.3 Å². The maximum Gasteiger partial charge on any atom is 0.311 e. The zero-order valence-corrected chi connectivity index (χ0v) is 14.1. The number of nitrogens with one attached hydrogen (secondary N) is 1. The van der Waals surface area contributed by atoms with Crippen LogP contribution in [0.15, 0.2) is 36.4 Å². The highest BCUT2D eigenvalue weighted by molar-refractivity contribution is 5.72. The van der Waals surface area contributed by atoms with Crippen LogP contribution in [0.3, 0.4) is 0 Å². The van der Waals surface area contributed by atoms with E-state index in [9.17, 15) is 4.79 Å². The standard InChI is InChI=1S/C19H24N2O2/c1-4-20-13-15-11-14(3)9-10-17(15)18-8-6-7-16(21-18)12-19(22)23-5-2/h6-11,20H,4-5,12-13H2,1-3H3. The van der Waals surface area contributed by atoms with Crippen LogP contribution in [0.5, 0.6) is 0 Å². The Bertz CT molecular complexity index is 668. The van der Waals surface area contributed by atoms with Crippen LogP contribution in [-0.2, 0) is 22.5 Å². The summed E-state index contributed by atoms with van der Waals surface area (Å²) in [5, 5.41) is 3.36. The third-order valence-corrected chi connectivity index (χ3v) is 3.54. The van der Waals surface area contributed by atoms with Gasteiger partial charge < -0.3 is 10.1 Å². The molecule has 0 saturated carbocycles. The number of hydrogen-bond donors (Lipinski definition) is 1. The molecular formula is C19H24N2O2. The van der Waals surface area contributed by atoms with Gasteiger partial charge in [0, 0.05) is 12.1 Å². The van der Waals surface area contributed by atoms with E-state index in [1.165, 1.54) is 11.1 Å². The summed E-state index contributed by atoms with van der Waals surface area (Å²) >= 11 is 0. The number of hydrogen-bond acceptors (Lipinski definition) is 4. The fourth-order valence-corrected chi connectivity index (χ4v) is 2.47. The first-order chi connectivity index (χ1) is 11.1. The zero-order valence-electron chi connectivity index (χ0n) is 14.1. The first-order valence-electron chi connectivity index (χ1n) is 8.06. The van der Waals surface area contributed by atoms with Gasteiger partial charge in [0.2, 0.25) is 0 Å². The molecule has 0 atom stereocenters. The van der Waals surface area contributed by atoms with Gasteiger partial charge in [-0.2, -0.15) is 0 Å². The van der Waals surface area contributed by atoms with Crippen LogP contribution in [0, 0.1) is 6.92 Å².